The van der Waals surface area contributed by atoms with Gasteiger partial charge in [0.25, 0.3) is 0 Å². The number of fused-ring (bicyclic) bond motifs is 1. The van der Waals surface area contributed by atoms with E-state index in [1.807, 2.05) is 37.3 Å². The third-order valence-electron chi connectivity index (χ3n) is 3.19. The van der Waals surface area contributed by atoms with Crippen molar-refractivity contribution < 1.29 is 4.79 Å². The highest BCUT2D eigenvalue weighted by Crippen LogP contribution is 2.22. The average Bonchev–Trinajstić information content (AvgIpc) is 2.90. The van der Waals surface area contributed by atoms with Crippen molar-refractivity contribution in [3.05, 3.63) is 46.1 Å². The van der Waals surface area contributed by atoms with E-state index in [9.17, 15) is 9.59 Å². The molecule has 1 aromatic carbocycles. The molecule has 0 radical (unpaired) electrons. The van der Waals surface area contributed by atoms with Crippen LogP contribution >= 0.6 is 0 Å². The molecule has 0 spiro atoms. The molecule has 0 saturated heterocycles. The predicted molar refractivity (Wildman–Crippen MR) is 70.3 cm³/mol. The minimum Gasteiger partial charge on any atom is -0.286 e. The molecule has 0 saturated carbocycles. The SMILES string of the molecule is Cc1ccc(N2Cc3nn(CC#N)c(=O)n3C2=O)cc1. The Morgan fingerprint density at radius 3 is 2.60 bits per heavy atom. The largest absolute Gasteiger partial charge is 0.355 e. The second-order valence-electron chi connectivity index (χ2n) is 4.55. The van der Waals surface area contributed by atoms with Crippen molar-refractivity contribution in [2.45, 2.75) is 20.0 Å². The maximum atomic E-state index is 12.3. The van der Waals surface area contributed by atoms with Crippen LogP contribution in [0.3, 0.4) is 0 Å². The molecule has 0 fully saturated rings. The quantitative estimate of drug-likeness (QED) is 0.809. The van der Waals surface area contributed by atoms with Gasteiger partial charge < -0.3 is 0 Å². The Morgan fingerprint density at radius 2 is 2.00 bits per heavy atom. The second kappa shape index (κ2) is 4.35. The fraction of sp³-hybridized carbons (Fsp3) is 0.231. The molecule has 1 amide bonds. The van der Waals surface area contributed by atoms with Crippen molar-refractivity contribution in [1.29, 1.82) is 5.26 Å². The van der Waals surface area contributed by atoms with Crippen LogP contribution in [-0.2, 0) is 13.1 Å². The summed E-state index contributed by atoms with van der Waals surface area (Å²) in [5.74, 6) is 0.357. The summed E-state index contributed by atoms with van der Waals surface area (Å²) in [5.41, 5.74) is 1.24. The third-order valence-corrected chi connectivity index (χ3v) is 3.19. The van der Waals surface area contributed by atoms with Crippen molar-refractivity contribution in [1.82, 2.24) is 14.3 Å². The van der Waals surface area contributed by atoms with Crippen LogP contribution in [0.15, 0.2) is 29.1 Å². The van der Waals surface area contributed by atoms with Gasteiger partial charge in [0, 0.05) is 5.69 Å². The van der Waals surface area contributed by atoms with E-state index in [1.54, 1.807) is 0 Å². The Kier molecular flexibility index (Phi) is 2.64. The van der Waals surface area contributed by atoms with Crippen LogP contribution in [0.2, 0.25) is 0 Å². The summed E-state index contributed by atoms with van der Waals surface area (Å²) in [7, 11) is 0. The van der Waals surface area contributed by atoms with E-state index in [-0.39, 0.29) is 13.1 Å². The minimum absolute atomic E-state index is 0.156. The van der Waals surface area contributed by atoms with Crippen LogP contribution in [0.25, 0.3) is 0 Å². The number of rotatable bonds is 2. The standard InChI is InChI=1S/C13H11N5O2/c1-9-2-4-10(5-3-9)16-8-11-15-17(7-6-14)13(20)18(11)12(16)19/h2-5H,7-8H2,1H3. The van der Waals surface area contributed by atoms with Gasteiger partial charge in [-0.1, -0.05) is 17.7 Å². The summed E-state index contributed by atoms with van der Waals surface area (Å²) >= 11 is 0. The summed E-state index contributed by atoms with van der Waals surface area (Å²) in [6.07, 6.45) is 0. The molecule has 0 unspecified atom stereocenters. The summed E-state index contributed by atoms with van der Waals surface area (Å²) < 4.78 is 2.01. The van der Waals surface area contributed by atoms with Gasteiger partial charge in [-0.25, -0.2) is 9.59 Å². The lowest BCUT2D eigenvalue weighted by atomic mass is 10.2. The zero-order valence-corrected chi connectivity index (χ0v) is 10.8. The van der Waals surface area contributed by atoms with Crippen LogP contribution < -0.4 is 10.6 Å². The van der Waals surface area contributed by atoms with E-state index in [1.165, 1.54) is 4.90 Å². The van der Waals surface area contributed by atoms with E-state index in [0.717, 1.165) is 20.5 Å². The highest BCUT2D eigenvalue weighted by Gasteiger charge is 2.33. The van der Waals surface area contributed by atoms with E-state index >= 15 is 0 Å². The summed E-state index contributed by atoms with van der Waals surface area (Å²) in [6.45, 7) is 2.04. The molecule has 1 aliphatic rings. The van der Waals surface area contributed by atoms with Gasteiger partial charge in [-0.05, 0) is 19.1 Å². The number of hydrogen-bond donors (Lipinski definition) is 0. The van der Waals surface area contributed by atoms with Gasteiger partial charge in [0.1, 0.15) is 6.54 Å². The first-order chi connectivity index (χ1) is 9.61. The van der Waals surface area contributed by atoms with Crippen molar-refractivity contribution in [3.8, 4) is 6.07 Å². The first-order valence-corrected chi connectivity index (χ1v) is 6.06. The molecular formula is C13H11N5O2. The number of amides is 1. The van der Waals surface area contributed by atoms with Crippen LogP contribution in [0.1, 0.15) is 11.4 Å². The number of carbonyl (C=O) groups excluding carboxylic acids is 1. The van der Waals surface area contributed by atoms with Crippen LogP contribution in [-0.4, -0.2) is 20.4 Å². The number of aromatic nitrogens is 3. The highest BCUT2D eigenvalue weighted by molar-refractivity contribution is 5.96. The van der Waals surface area contributed by atoms with Gasteiger partial charge in [-0.2, -0.15) is 19.6 Å². The van der Waals surface area contributed by atoms with Gasteiger partial charge in [-0.15, -0.1) is 0 Å². The number of aryl methyl sites for hydroxylation is 1. The molecule has 1 aromatic heterocycles. The van der Waals surface area contributed by atoms with Crippen LogP contribution in [0.4, 0.5) is 10.5 Å². The van der Waals surface area contributed by atoms with Crippen molar-refractivity contribution in [3.63, 3.8) is 0 Å². The first-order valence-electron chi connectivity index (χ1n) is 6.06. The maximum absolute atomic E-state index is 12.3. The molecule has 0 N–H and O–H groups in total. The van der Waals surface area contributed by atoms with E-state index in [2.05, 4.69) is 5.10 Å². The number of nitriles is 1. The number of carbonyl (C=O) groups is 1. The Balaban J connectivity index is 1.98. The predicted octanol–water partition coefficient (Wildman–Crippen LogP) is 0.865. The smallest absolute Gasteiger partial charge is 0.286 e. The van der Waals surface area contributed by atoms with Crippen molar-refractivity contribution in [2.75, 3.05) is 4.90 Å². The zero-order valence-electron chi connectivity index (χ0n) is 10.8. The van der Waals surface area contributed by atoms with E-state index in [0.29, 0.717) is 5.82 Å². The topological polar surface area (TPSA) is 83.9 Å². The first kappa shape index (κ1) is 12.2. The van der Waals surface area contributed by atoms with Gasteiger partial charge in [0.15, 0.2) is 5.82 Å². The average molecular weight is 269 g/mol. The minimum atomic E-state index is -0.568. The molecule has 100 valence electrons. The second-order valence-corrected chi connectivity index (χ2v) is 4.55. The monoisotopic (exact) mass is 269 g/mol. The number of nitrogens with zero attached hydrogens (tertiary/aromatic N) is 5. The molecule has 0 bridgehead atoms. The highest BCUT2D eigenvalue weighted by atomic mass is 16.2. The van der Waals surface area contributed by atoms with E-state index in [4.69, 9.17) is 5.26 Å². The molecule has 0 aliphatic carbocycles. The Hall–Kier alpha value is -2.88. The Morgan fingerprint density at radius 1 is 1.30 bits per heavy atom. The van der Waals surface area contributed by atoms with Crippen molar-refractivity contribution >= 4 is 11.7 Å². The molecule has 20 heavy (non-hydrogen) atoms. The molecule has 2 heterocycles. The lowest BCUT2D eigenvalue weighted by Crippen LogP contribution is -2.34. The lowest BCUT2D eigenvalue weighted by Gasteiger charge is -2.14. The fourth-order valence-corrected chi connectivity index (χ4v) is 2.17. The number of hydrogen-bond acceptors (Lipinski definition) is 4. The fourth-order valence-electron chi connectivity index (χ4n) is 2.17. The van der Waals surface area contributed by atoms with E-state index < -0.39 is 11.7 Å². The Labute approximate surface area is 114 Å². The van der Waals surface area contributed by atoms with Crippen molar-refractivity contribution in [2.24, 2.45) is 0 Å². The molecule has 7 heteroatoms. The lowest BCUT2D eigenvalue weighted by molar-refractivity contribution is 0.250. The van der Waals surface area contributed by atoms with Gasteiger partial charge in [-0.3, -0.25) is 4.90 Å². The summed E-state index contributed by atoms with van der Waals surface area (Å²) in [4.78, 5) is 25.7. The molecule has 2 aromatic rings. The van der Waals surface area contributed by atoms with Gasteiger partial charge >= 0.3 is 11.7 Å². The molecular weight excluding hydrogens is 258 g/mol. The molecule has 7 nitrogen and oxygen atoms in total. The summed E-state index contributed by atoms with van der Waals surface area (Å²) in [6, 6.07) is 8.86. The molecule has 1 aliphatic heterocycles. The zero-order chi connectivity index (χ0) is 14.3. The van der Waals surface area contributed by atoms with Crippen LogP contribution in [0, 0.1) is 18.3 Å². The third kappa shape index (κ3) is 1.70. The Bertz CT molecular complexity index is 779. The molecule has 3 rings (SSSR count). The number of anilines is 1. The van der Waals surface area contributed by atoms with Crippen LogP contribution in [0.5, 0.6) is 0 Å². The molecule has 0 atom stereocenters. The summed E-state index contributed by atoms with van der Waals surface area (Å²) in [5, 5.41) is 12.6. The number of benzene rings is 1. The maximum Gasteiger partial charge on any atom is 0.355 e. The van der Waals surface area contributed by atoms with Gasteiger partial charge in [0.2, 0.25) is 0 Å². The van der Waals surface area contributed by atoms with Gasteiger partial charge in [0.05, 0.1) is 12.6 Å². The normalized spacial score (nSPS) is 13.4.